The van der Waals surface area contributed by atoms with E-state index in [0.717, 1.165) is 32.1 Å². The van der Waals surface area contributed by atoms with Gasteiger partial charge in [0.25, 0.3) is 5.91 Å². The number of halogens is 1. The molecule has 142 valence electrons. The zero-order valence-corrected chi connectivity index (χ0v) is 14.9. The van der Waals surface area contributed by atoms with Gasteiger partial charge in [0.15, 0.2) is 0 Å². The van der Waals surface area contributed by atoms with Gasteiger partial charge >= 0.3 is 5.97 Å². The van der Waals surface area contributed by atoms with E-state index in [1.807, 2.05) is 0 Å². The van der Waals surface area contributed by atoms with Gasteiger partial charge in [0.05, 0.1) is 12.5 Å². The molecule has 3 rings (SSSR count). The summed E-state index contributed by atoms with van der Waals surface area (Å²) >= 11 is 0. The van der Waals surface area contributed by atoms with Crippen molar-refractivity contribution in [3.8, 4) is 0 Å². The number of rotatable bonds is 7. The molecule has 2 atom stereocenters. The summed E-state index contributed by atoms with van der Waals surface area (Å²) in [5, 5.41) is 12.3. The highest BCUT2D eigenvalue weighted by Gasteiger charge is 2.31. The molecule has 2 N–H and O–H groups in total. The number of ether oxygens (including phenoxy) is 1. The topological polar surface area (TPSA) is 75.6 Å². The van der Waals surface area contributed by atoms with Gasteiger partial charge in [0, 0.05) is 23.8 Å². The van der Waals surface area contributed by atoms with Crippen molar-refractivity contribution in [2.45, 2.75) is 57.6 Å². The van der Waals surface area contributed by atoms with Gasteiger partial charge < -0.3 is 15.2 Å². The van der Waals surface area contributed by atoms with Crippen molar-refractivity contribution in [2.24, 2.45) is 11.8 Å². The van der Waals surface area contributed by atoms with E-state index >= 15 is 0 Å². The first kappa shape index (κ1) is 18.8. The first-order chi connectivity index (χ1) is 12.5. The number of nitrogens with one attached hydrogen (secondary N) is 1. The SMILES string of the molecule is O=C(NC1CCCCCC1C(=O)O)c1ccc(F)c(COCC2CC2)c1. The molecule has 1 aromatic rings. The fourth-order valence-corrected chi connectivity index (χ4v) is 3.47. The Balaban J connectivity index is 1.64. The molecule has 0 aromatic heterocycles. The van der Waals surface area contributed by atoms with Crippen LogP contribution >= 0.6 is 0 Å². The first-order valence-electron chi connectivity index (χ1n) is 9.44. The van der Waals surface area contributed by atoms with Crippen molar-refractivity contribution in [3.05, 3.63) is 35.1 Å². The Morgan fingerprint density at radius 1 is 1.15 bits per heavy atom. The number of carboxylic acid groups (broad SMARTS) is 1. The maximum absolute atomic E-state index is 14.0. The summed E-state index contributed by atoms with van der Waals surface area (Å²) in [6.45, 7) is 0.767. The molecule has 0 saturated heterocycles. The van der Waals surface area contributed by atoms with Gasteiger partial charge in [-0.25, -0.2) is 4.39 Å². The molecule has 1 aromatic carbocycles. The van der Waals surface area contributed by atoms with E-state index in [0.29, 0.717) is 36.5 Å². The molecular weight excluding hydrogens is 337 g/mol. The zero-order chi connectivity index (χ0) is 18.5. The van der Waals surface area contributed by atoms with E-state index in [-0.39, 0.29) is 18.6 Å². The predicted molar refractivity (Wildman–Crippen MR) is 94.2 cm³/mol. The van der Waals surface area contributed by atoms with Crippen molar-refractivity contribution >= 4 is 11.9 Å². The summed E-state index contributed by atoms with van der Waals surface area (Å²) in [6, 6.07) is 3.82. The smallest absolute Gasteiger partial charge is 0.308 e. The van der Waals surface area contributed by atoms with Crippen molar-refractivity contribution in [1.29, 1.82) is 0 Å². The molecular formula is C20H26FNO4. The Labute approximate surface area is 152 Å². The number of hydrogen-bond acceptors (Lipinski definition) is 3. The highest BCUT2D eigenvalue weighted by Crippen LogP contribution is 2.29. The third-order valence-corrected chi connectivity index (χ3v) is 5.27. The summed E-state index contributed by atoms with van der Waals surface area (Å²) in [5.41, 5.74) is 0.693. The van der Waals surface area contributed by atoms with Crippen LogP contribution in [0.3, 0.4) is 0 Å². The van der Waals surface area contributed by atoms with E-state index in [1.54, 1.807) is 0 Å². The Kier molecular flexibility index (Phi) is 6.25. The summed E-state index contributed by atoms with van der Waals surface area (Å²) in [7, 11) is 0. The zero-order valence-electron chi connectivity index (χ0n) is 14.9. The van der Waals surface area contributed by atoms with Gasteiger partial charge in [-0.1, -0.05) is 19.3 Å². The van der Waals surface area contributed by atoms with Gasteiger partial charge in [-0.2, -0.15) is 0 Å². The largest absolute Gasteiger partial charge is 0.481 e. The number of carbonyl (C=O) groups is 2. The second-order valence-electron chi connectivity index (χ2n) is 7.43. The average Bonchev–Trinajstić information content (AvgIpc) is 3.43. The number of benzene rings is 1. The van der Waals surface area contributed by atoms with Crippen LogP contribution in [0.5, 0.6) is 0 Å². The average molecular weight is 363 g/mol. The quantitative estimate of drug-likeness (QED) is 0.727. The lowest BCUT2D eigenvalue weighted by Gasteiger charge is -2.23. The second-order valence-corrected chi connectivity index (χ2v) is 7.43. The van der Waals surface area contributed by atoms with Gasteiger partial charge in [-0.05, 0) is 49.8 Å². The molecule has 2 saturated carbocycles. The normalized spacial score (nSPS) is 23.3. The van der Waals surface area contributed by atoms with E-state index in [2.05, 4.69) is 5.32 Å². The highest BCUT2D eigenvalue weighted by atomic mass is 19.1. The van der Waals surface area contributed by atoms with E-state index in [1.165, 1.54) is 18.2 Å². The minimum absolute atomic E-state index is 0.143. The number of carbonyl (C=O) groups excluding carboxylic acids is 1. The third kappa shape index (κ3) is 5.04. The number of amides is 1. The number of aliphatic carboxylic acids is 1. The van der Waals surface area contributed by atoms with Crippen molar-refractivity contribution in [2.75, 3.05) is 6.61 Å². The van der Waals surface area contributed by atoms with Crippen LogP contribution in [-0.4, -0.2) is 29.6 Å². The molecule has 5 nitrogen and oxygen atoms in total. The third-order valence-electron chi connectivity index (χ3n) is 5.27. The molecule has 6 heteroatoms. The van der Waals surface area contributed by atoms with Gasteiger partial charge in [0.2, 0.25) is 0 Å². The van der Waals surface area contributed by atoms with Gasteiger partial charge in [-0.3, -0.25) is 9.59 Å². The lowest BCUT2D eigenvalue weighted by Crippen LogP contribution is -2.42. The van der Waals surface area contributed by atoms with Crippen LogP contribution in [0.2, 0.25) is 0 Å². The Bertz CT molecular complexity index is 659. The fraction of sp³-hybridized carbons (Fsp3) is 0.600. The van der Waals surface area contributed by atoms with Crippen LogP contribution < -0.4 is 5.32 Å². The van der Waals surface area contributed by atoms with Crippen LogP contribution in [0, 0.1) is 17.7 Å². The van der Waals surface area contributed by atoms with Gasteiger partial charge in [0.1, 0.15) is 5.82 Å². The molecule has 2 fully saturated rings. The lowest BCUT2D eigenvalue weighted by molar-refractivity contribution is -0.142. The van der Waals surface area contributed by atoms with Crippen LogP contribution in [-0.2, 0) is 16.1 Å². The predicted octanol–water partition coefficient (Wildman–Crippen LogP) is 3.52. The van der Waals surface area contributed by atoms with E-state index < -0.39 is 17.7 Å². The van der Waals surface area contributed by atoms with Crippen molar-refractivity contribution in [1.82, 2.24) is 5.32 Å². The number of hydrogen-bond donors (Lipinski definition) is 2. The lowest BCUT2D eigenvalue weighted by atomic mass is 9.94. The van der Waals surface area contributed by atoms with E-state index in [4.69, 9.17) is 4.74 Å². The maximum Gasteiger partial charge on any atom is 0.308 e. The molecule has 0 heterocycles. The fourth-order valence-electron chi connectivity index (χ4n) is 3.47. The van der Waals surface area contributed by atoms with Crippen LogP contribution in [0.4, 0.5) is 4.39 Å². The minimum atomic E-state index is -0.870. The number of carboxylic acids is 1. The minimum Gasteiger partial charge on any atom is -0.481 e. The molecule has 0 spiro atoms. The molecule has 2 aliphatic rings. The van der Waals surface area contributed by atoms with Crippen LogP contribution in [0.15, 0.2) is 18.2 Å². The molecule has 2 unspecified atom stereocenters. The maximum atomic E-state index is 14.0. The Morgan fingerprint density at radius 3 is 2.65 bits per heavy atom. The molecule has 0 radical (unpaired) electrons. The highest BCUT2D eigenvalue weighted by molar-refractivity contribution is 5.94. The van der Waals surface area contributed by atoms with Crippen LogP contribution in [0.1, 0.15) is 60.9 Å². The summed E-state index contributed by atoms with van der Waals surface area (Å²) in [5.74, 6) is -1.59. The molecule has 1 amide bonds. The Morgan fingerprint density at radius 2 is 1.92 bits per heavy atom. The summed E-state index contributed by atoms with van der Waals surface area (Å²) < 4.78 is 19.5. The van der Waals surface area contributed by atoms with Crippen LogP contribution in [0.25, 0.3) is 0 Å². The first-order valence-corrected chi connectivity index (χ1v) is 9.44. The molecule has 0 aliphatic heterocycles. The summed E-state index contributed by atoms with van der Waals surface area (Å²) in [6.07, 6.45) is 6.30. The van der Waals surface area contributed by atoms with Crippen molar-refractivity contribution < 1.29 is 23.8 Å². The molecule has 2 aliphatic carbocycles. The molecule has 0 bridgehead atoms. The van der Waals surface area contributed by atoms with E-state index in [9.17, 15) is 19.1 Å². The summed E-state index contributed by atoms with van der Waals surface area (Å²) in [4.78, 5) is 24.1. The monoisotopic (exact) mass is 363 g/mol. The molecule has 26 heavy (non-hydrogen) atoms. The Hall–Kier alpha value is -1.95. The second kappa shape index (κ2) is 8.62. The standard InChI is InChI=1S/C20H26FNO4/c21-17-9-8-14(10-15(17)12-26-11-13-6-7-13)19(23)22-18-5-3-1-2-4-16(18)20(24)25/h8-10,13,16,18H,1-7,11-12H2,(H,22,23)(H,24,25). The van der Waals surface area contributed by atoms with Crippen molar-refractivity contribution in [3.63, 3.8) is 0 Å². The van der Waals surface area contributed by atoms with Gasteiger partial charge in [-0.15, -0.1) is 0 Å².